The zero-order chi connectivity index (χ0) is 11.4. The molecule has 15 heavy (non-hydrogen) atoms. The van der Waals surface area contributed by atoms with Crippen molar-refractivity contribution < 1.29 is 9.47 Å². The van der Waals surface area contributed by atoms with Crippen LogP contribution in [-0.2, 0) is 0 Å². The molecule has 1 rings (SSSR count). The summed E-state index contributed by atoms with van der Waals surface area (Å²) in [5.74, 6) is 1.31. The van der Waals surface area contributed by atoms with E-state index in [0.717, 1.165) is 5.56 Å². The highest BCUT2D eigenvalue weighted by atomic mass is 35.5. The van der Waals surface area contributed by atoms with Crippen molar-refractivity contribution in [3.8, 4) is 17.6 Å². The third-order valence-corrected chi connectivity index (χ3v) is 2.47. The van der Waals surface area contributed by atoms with Crippen LogP contribution in [0.4, 0.5) is 0 Å². The Morgan fingerprint density at radius 1 is 1.27 bits per heavy atom. The summed E-state index contributed by atoms with van der Waals surface area (Å²) < 4.78 is 10.3. The molecule has 0 N–H and O–H groups in total. The van der Waals surface area contributed by atoms with Crippen molar-refractivity contribution in [2.75, 3.05) is 14.2 Å². The summed E-state index contributed by atoms with van der Waals surface area (Å²) in [7, 11) is 3.12. The Morgan fingerprint density at radius 2 is 1.87 bits per heavy atom. The molecule has 0 fully saturated rings. The minimum atomic E-state index is -0.727. The summed E-state index contributed by atoms with van der Waals surface area (Å²) in [6.07, 6.45) is 0. The highest BCUT2D eigenvalue weighted by Gasteiger charge is 2.15. The van der Waals surface area contributed by atoms with Gasteiger partial charge in [0.2, 0.25) is 0 Å². The molecule has 80 valence electrons. The molecule has 1 aromatic carbocycles. The number of rotatable bonds is 3. The largest absolute Gasteiger partial charge is 0.496 e. The average molecular weight is 226 g/mol. The Kier molecular flexibility index (Phi) is 3.81. The maximum absolute atomic E-state index is 8.76. The smallest absolute Gasteiger partial charge is 0.149 e. The van der Waals surface area contributed by atoms with E-state index in [0.29, 0.717) is 17.1 Å². The van der Waals surface area contributed by atoms with Crippen LogP contribution in [0.5, 0.6) is 11.5 Å². The molecule has 1 atom stereocenters. The van der Waals surface area contributed by atoms with Crippen molar-refractivity contribution in [1.82, 2.24) is 0 Å². The van der Waals surface area contributed by atoms with Crippen LogP contribution in [0, 0.1) is 18.3 Å². The van der Waals surface area contributed by atoms with Crippen LogP contribution in [0.2, 0.25) is 0 Å². The van der Waals surface area contributed by atoms with Gasteiger partial charge in [0.15, 0.2) is 0 Å². The van der Waals surface area contributed by atoms with Gasteiger partial charge < -0.3 is 9.47 Å². The quantitative estimate of drug-likeness (QED) is 0.743. The van der Waals surface area contributed by atoms with E-state index in [1.807, 2.05) is 13.0 Å². The van der Waals surface area contributed by atoms with Crippen LogP contribution in [-0.4, -0.2) is 14.2 Å². The van der Waals surface area contributed by atoms with Gasteiger partial charge in [-0.1, -0.05) is 0 Å². The lowest BCUT2D eigenvalue weighted by Crippen LogP contribution is -1.97. The van der Waals surface area contributed by atoms with E-state index in [1.54, 1.807) is 26.4 Å². The standard InChI is InChI=1S/C11H12ClNO2/c1-7-4-11(15-3)8(9(12)6-13)5-10(7)14-2/h4-5,9H,1-3H3. The first kappa shape index (κ1) is 11.7. The fourth-order valence-electron chi connectivity index (χ4n) is 1.34. The van der Waals surface area contributed by atoms with Crippen molar-refractivity contribution in [3.05, 3.63) is 23.3 Å². The first-order valence-electron chi connectivity index (χ1n) is 4.40. The van der Waals surface area contributed by atoms with E-state index >= 15 is 0 Å². The maximum Gasteiger partial charge on any atom is 0.149 e. The van der Waals surface area contributed by atoms with Crippen molar-refractivity contribution in [2.24, 2.45) is 0 Å². The molecule has 0 radical (unpaired) electrons. The lowest BCUT2D eigenvalue weighted by molar-refractivity contribution is 0.397. The van der Waals surface area contributed by atoms with Gasteiger partial charge in [0.1, 0.15) is 16.9 Å². The number of nitriles is 1. The van der Waals surface area contributed by atoms with Gasteiger partial charge in [-0.2, -0.15) is 5.26 Å². The van der Waals surface area contributed by atoms with Crippen LogP contribution in [0.25, 0.3) is 0 Å². The van der Waals surface area contributed by atoms with Gasteiger partial charge in [0, 0.05) is 5.56 Å². The normalized spacial score (nSPS) is 11.7. The minimum absolute atomic E-state index is 0.606. The molecule has 0 aliphatic carbocycles. The zero-order valence-electron chi connectivity index (χ0n) is 8.87. The third kappa shape index (κ3) is 2.34. The number of aryl methyl sites for hydroxylation is 1. The second-order valence-electron chi connectivity index (χ2n) is 3.06. The summed E-state index contributed by atoms with van der Waals surface area (Å²) in [6, 6.07) is 5.49. The van der Waals surface area contributed by atoms with Gasteiger partial charge in [0.25, 0.3) is 0 Å². The molecule has 1 unspecified atom stereocenters. The second-order valence-corrected chi connectivity index (χ2v) is 3.49. The average Bonchev–Trinajstić information content (AvgIpc) is 2.27. The van der Waals surface area contributed by atoms with E-state index in [-0.39, 0.29) is 0 Å². The molecule has 0 saturated carbocycles. The van der Waals surface area contributed by atoms with Gasteiger partial charge in [-0.3, -0.25) is 0 Å². The molecular weight excluding hydrogens is 214 g/mol. The number of methoxy groups -OCH3 is 2. The van der Waals surface area contributed by atoms with Crippen LogP contribution in [0.3, 0.4) is 0 Å². The number of alkyl halides is 1. The van der Waals surface area contributed by atoms with E-state index in [2.05, 4.69) is 0 Å². The first-order chi connectivity index (χ1) is 7.13. The number of benzene rings is 1. The minimum Gasteiger partial charge on any atom is -0.496 e. The summed E-state index contributed by atoms with van der Waals surface area (Å²) in [5.41, 5.74) is 1.57. The van der Waals surface area contributed by atoms with Crippen molar-refractivity contribution in [1.29, 1.82) is 5.26 Å². The van der Waals surface area contributed by atoms with Gasteiger partial charge in [-0.15, -0.1) is 11.6 Å². The number of ether oxygens (including phenoxy) is 2. The molecule has 0 aliphatic heterocycles. The molecule has 0 heterocycles. The molecular formula is C11H12ClNO2. The Balaban J connectivity index is 3.30. The molecule has 4 heteroatoms. The number of halogens is 1. The number of hydrogen-bond donors (Lipinski definition) is 0. The van der Waals surface area contributed by atoms with Crippen molar-refractivity contribution >= 4 is 11.6 Å². The Bertz CT molecular complexity index is 398. The molecule has 0 amide bonds. The SMILES string of the molecule is COc1cc(C(Cl)C#N)c(OC)cc1C. The van der Waals surface area contributed by atoms with Crippen LogP contribution in [0.15, 0.2) is 12.1 Å². The second kappa shape index (κ2) is 4.90. The topological polar surface area (TPSA) is 42.2 Å². The van der Waals surface area contributed by atoms with Crippen molar-refractivity contribution in [2.45, 2.75) is 12.3 Å². The Labute approximate surface area is 94.2 Å². The summed E-state index contributed by atoms with van der Waals surface area (Å²) >= 11 is 5.86. The Hall–Kier alpha value is -1.40. The van der Waals surface area contributed by atoms with Gasteiger partial charge in [-0.05, 0) is 24.6 Å². The molecule has 0 bridgehead atoms. The fraction of sp³-hybridized carbons (Fsp3) is 0.364. The van der Waals surface area contributed by atoms with Crippen molar-refractivity contribution in [3.63, 3.8) is 0 Å². The lowest BCUT2D eigenvalue weighted by atomic mass is 10.1. The Morgan fingerprint density at radius 3 is 2.33 bits per heavy atom. The first-order valence-corrected chi connectivity index (χ1v) is 4.84. The van der Waals surface area contributed by atoms with E-state index in [1.165, 1.54) is 0 Å². The van der Waals surface area contributed by atoms with Gasteiger partial charge in [-0.25, -0.2) is 0 Å². The molecule has 0 saturated heterocycles. The predicted octanol–water partition coefficient (Wildman–Crippen LogP) is 2.82. The molecule has 1 aromatic rings. The number of nitrogens with zero attached hydrogens (tertiary/aromatic N) is 1. The highest BCUT2D eigenvalue weighted by molar-refractivity contribution is 6.22. The molecule has 0 spiro atoms. The monoisotopic (exact) mass is 225 g/mol. The maximum atomic E-state index is 8.76. The van der Waals surface area contributed by atoms with Crippen LogP contribution < -0.4 is 9.47 Å². The summed E-state index contributed by atoms with van der Waals surface area (Å²) in [6.45, 7) is 1.90. The summed E-state index contributed by atoms with van der Waals surface area (Å²) in [5, 5.41) is 8.04. The van der Waals surface area contributed by atoms with Crippen LogP contribution >= 0.6 is 11.6 Å². The molecule has 0 aliphatic rings. The van der Waals surface area contributed by atoms with Crippen LogP contribution in [0.1, 0.15) is 16.5 Å². The lowest BCUT2D eigenvalue weighted by Gasteiger charge is -2.13. The van der Waals surface area contributed by atoms with Gasteiger partial charge >= 0.3 is 0 Å². The molecule has 0 aromatic heterocycles. The zero-order valence-corrected chi connectivity index (χ0v) is 9.63. The fourth-order valence-corrected chi connectivity index (χ4v) is 1.51. The van der Waals surface area contributed by atoms with E-state index < -0.39 is 5.38 Å². The third-order valence-electron chi connectivity index (χ3n) is 2.13. The van der Waals surface area contributed by atoms with E-state index in [9.17, 15) is 0 Å². The predicted molar refractivity (Wildman–Crippen MR) is 58.5 cm³/mol. The summed E-state index contributed by atoms with van der Waals surface area (Å²) in [4.78, 5) is 0. The molecule has 3 nitrogen and oxygen atoms in total. The van der Waals surface area contributed by atoms with Gasteiger partial charge in [0.05, 0.1) is 20.3 Å². The highest BCUT2D eigenvalue weighted by Crippen LogP contribution is 2.34. The number of hydrogen-bond acceptors (Lipinski definition) is 3. The van der Waals surface area contributed by atoms with E-state index in [4.69, 9.17) is 26.3 Å².